The number of rotatable bonds is 4. The summed E-state index contributed by atoms with van der Waals surface area (Å²) in [4.78, 5) is 0. The third-order valence-corrected chi connectivity index (χ3v) is 4.17. The van der Waals surface area contributed by atoms with Crippen LogP contribution in [-0.2, 0) is 13.5 Å². The van der Waals surface area contributed by atoms with Crippen LogP contribution >= 0.6 is 27.5 Å². The summed E-state index contributed by atoms with van der Waals surface area (Å²) in [6.45, 7) is 1.97. The van der Waals surface area contributed by atoms with Crippen molar-refractivity contribution >= 4 is 27.5 Å². The Morgan fingerprint density at radius 2 is 2.33 bits per heavy atom. The zero-order valence-corrected chi connectivity index (χ0v) is 12.8. The summed E-state index contributed by atoms with van der Waals surface area (Å²) in [6, 6.07) is 2.09. The van der Waals surface area contributed by atoms with Crippen LogP contribution < -0.4 is 5.32 Å². The highest BCUT2D eigenvalue weighted by molar-refractivity contribution is 9.10. The van der Waals surface area contributed by atoms with Gasteiger partial charge in [-0.2, -0.15) is 5.10 Å². The van der Waals surface area contributed by atoms with E-state index >= 15 is 0 Å². The molecule has 0 amide bonds. The molecule has 2 aromatic heterocycles. The van der Waals surface area contributed by atoms with Crippen LogP contribution in [0.15, 0.2) is 21.4 Å². The lowest BCUT2D eigenvalue weighted by atomic mass is 10.0. The van der Waals surface area contributed by atoms with Crippen LogP contribution in [0.3, 0.4) is 0 Å². The minimum Gasteiger partial charge on any atom is -0.457 e. The summed E-state index contributed by atoms with van der Waals surface area (Å²) in [5, 5.41) is 8.28. The smallest absolute Gasteiger partial charge is 0.173 e. The summed E-state index contributed by atoms with van der Waals surface area (Å²) in [5.74, 6) is 0. The van der Waals surface area contributed by atoms with Gasteiger partial charge in [-0.25, -0.2) is 0 Å². The fourth-order valence-corrected chi connectivity index (χ4v) is 2.80. The summed E-state index contributed by atoms with van der Waals surface area (Å²) in [6.07, 6.45) is 2.44. The Morgan fingerprint density at radius 1 is 1.61 bits per heavy atom. The van der Waals surface area contributed by atoms with E-state index in [0.717, 1.165) is 27.9 Å². The Balaban J connectivity index is 2.29. The molecule has 0 saturated carbocycles. The van der Waals surface area contributed by atoms with Gasteiger partial charge in [0.2, 0.25) is 0 Å². The summed E-state index contributed by atoms with van der Waals surface area (Å²) >= 11 is 9.66. The first-order valence-corrected chi connectivity index (χ1v) is 6.79. The number of hydrogen-bond donors (Lipinski definition) is 1. The largest absolute Gasteiger partial charge is 0.457 e. The molecule has 0 spiro atoms. The van der Waals surface area contributed by atoms with Gasteiger partial charge in [-0.05, 0) is 42.4 Å². The second-order valence-electron chi connectivity index (χ2n) is 4.17. The Morgan fingerprint density at radius 3 is 2.78 bits per heavy atom. The minimum atomic E-state index is 0.138. The molecule has 0 aliphatic carbocycles. The lowest BCUT2D eigenvalue weighted by Gasteiger charge is -2.15. The lowest BCUT2D eigenvalue weighted by Crippen LogP contribution is -2.19. The Labute approximate surface area is 119 Å². The molecular formula is C12H15BrClN3O. The van der Waals surface area contributed by atoms with Crippen molar-refractivity contribution < 1.29 is 4.42 Å². The van der Waals surface area contributed by atoms with Gasteiger partial charge in [0.1, 0.15) is 5.15 Å². The molecule has 0 aliphatic heterocycles. The zero-order chi connectivity index (χ0) is 13.3. The fraction of sp³-hybridized carbons (Fsp3) is 0.417. The second kappa shape index (κ2) is 5.47. The van der Waals surface area contributed by atoms with Gasteiger partial charge in [-0.15, -0.1) is 0 Å². The van der Waals surface area contributed by atoms with Crippen molar-refractivity contribution in [3.63, 3.8) is 0 Å². The maximum atomic E-state index is 6.25. The van der Waals surface area contributed by atoms with E-state index in [2.05, 4.69) is 26.3 Å². The van der Waals surface area contributed by atoms with Crippen LogP contribution in [0.2, 0.25) is 5.15 Å². The molecule has 0 aliphatic rings. The summed E-state index contributed by atoms with van der Waals surface area (Å²) < 4.78 is 7.72. The average molecular weight is 333 g/mol. The maximum Gasteiger partial charge on any atom is 0.173 e. The monoisotopic (exact) mass is 331 g/mol. The van der Waals surface area contributed by atoms with Gasteiger partial charge in [0.25, 0.3) is 0 Å². The van der Waals surface area contributed by atoms with E-state index in [0.29, 0.717) is 5.15 Å². The maximum absolute atomic E-state index is 6.25. The number of aryl methyl sites for hydroxylation is 2. The number of aromatic nitrogens is 2. The van der Waals surface area contributed by atoms with Crippen LogP contribution in [-0.4, -0.2) is 16.8 Å². The van der Waals surface area contributed by atoms with Gasteiger partial charge in [0, 0.05) is 24.2 Å². The molecule has 0 saturated heterocycles. The van der Waals surface area contributed by atoms with E-state index in [1.165, 1.54) is 0 Å². The SMILES string of the molecule is CNC(Cc1c(C)nn(C)c1Cl)c1ccoc1Br. The average Bonchev–Trinajstić information content (AvgIpc) is 2.84. The van der Waals surface area contributed by atoms with Crippen molar-refractivity contribution in [3.05, 3.63) is 39.0 Å². The van der Waals surface area contributed by atoms with E-state index in [1.54, 1.807) is 10.9 Å². The van der Waals surface area contributed by atoms with Crippen molar-refractivity contribution in [1.29, 1.82) is 0 Å². The molecule has 0 bridgehead atoms. The Kier molecular flexibility index (Phi) is 4.14. The van der Waals surface area contributed by atoms with Crippen LogP contribution in [0.1, 0.15) is 22.9 Å². The number of nitrogens with zero attached hydrogens (tertiary/aromatic N) is 2. The van der Waals surface area contributed by atoms with Crippen molar-refractivity contribution in [2.75, 3.05) is 7.05 Å². The van der Waals surface area contributed by atoms with Crippen LogP contribution in [0, 0.1) is 6.92 Å². The van der Waals surface area contributed by atoms with E-state index in [1.807, 2.05) is 27.1 Å². The molecule has 2 rings (SSSR count). The highest BCUT2D eigenvalue weighted by Gasteiger charge is 2.20. The van der Waals surface area contributed by atoms with Crippen molar-refractivity contribution in [3.8, 4) is 0 Å². The molecule has 6 heteroatoms. The summed E-state index contributed by atoms with van der Waals surface area (Å²) in [7, 11) is 3.77. The molecule has 0 radical (unpaired) electrons. The van der Waals surface area contributed by atoms with E-state index in [9.17, 15) is 0 Å². The van der Waals surface area contributed by atoms with E-state index in [-0.39, 0.29) is 6.04 Å². The number of nitrogens with one attached hydrogen (secondary N) is 1. The minimum absolute atomic E-state index is 0.138. The highest BCUT2D eigenvalue weighted by Crippen LogP contribution is 2.30. The van der Waals surface area contributed by atoms with Crippen molar-refractivity contribution in [2.45, 2.75) is 19.4 Å². The van der Waals surface area contributed by atoms with Crippen molar-refractivity contribution in [1.82, 2.24) is 15.1 Å². The molecule has 2 aromatic rings. The molecule has 1 atom stereocenters. The van der Waals surface area contributed by atoms with E-state index < -0.39 is 0 Å². The zero-order valence-electron chi connectivity index (χ0n) is 10.5. The first-order chi connectivity index (χ1) is 8.54. The number of hydrogen-bond acceptors (Lipinski definition) is 3. The van der Waals surface area contributed by atoms with Gasteiger partial charge >= 0.3 is 0 Å². The molecule has 4 nitrogen and oxygen atoms in total. The molecule has 0 fully saturated rings. The van der Waals surface area contributed by atoms with Crippen LogP contribution in [0.5, 0.6) is 0 Å². The predicted octanol–water partition coefficient (Wildman–Crippen LogP) is 3.24. The van der Waals surface area contributed by atoms with Crippen molar-refractivity contribution in [2.24, 2.45) is 7.05 Å². The molecular weight excluding hydrogens is 318 g/mol. The highest BCUT2D eigenvalue weighted by atomic mass is 79.9. The van der Waals surface area contributed by atoms with E-state index in [4.69, 9.17) is 16.0 Å². The topological polar surface area (TPSA) is 43.0 Å². The normalized spacial score (nSPS) is 12.9. The quantitative estimate of drug-likeness (QED) is 0.934. The Bertz CT molecular complexity index is 550. The molecule has 1 unspecified atom stereocenters. The van der Waals surface area contributed by atoms with Gasteiger partial charge in [-0.3, -0.25) is 4.68 Å². The second-order valence-corrected chi connectivity index (χ2v) is 5.25. The fourth-order valence-electron chi connectivity index (χ4n) is 2.03. The molecule has 2 heterocycles. The standard InChI is InChI=1S/C12H15BrClN3O/c1-7-9(12(14)17(3)16-7)6-10(15-2)8-4-5-18-11(8)13/h4-5,10,15H,6H2,1-3H3. The number of likely N-dealkylation sites (N-methyl/N-ethyl adjacent to an activating group) is 1. The lowest BCUT2D eigenvalue weighted by molar-refractivity contribution is 0.518. The van der Waals surface area contributed by atoms with Gasteiger partial charge in [0.05, 0.1) is 12.0 Å². The molecule has 98 valence electrons. The third-order valence-electron chi connectivity index (χ3n) is 3.05. The van der Waals surface area contributed by atoms with Gasteiger partial charge in [0.15, 0.2) is 4.67 Å². The third kappa shape index (κ3) is 2.48. The summed E-state index contributed by atoms with van der Waals surface area (Å²) in [5.41, 5.74) is 3.10. The molecule has 0 aromatic carbocycles. The number of furan rings is 1. The molecule has 1 N–H and O–H groups in total. The van der Waals surface area contributed by atoms with Gasteiger partial charge < -0.3 is 9.73 Å². The van der Waals surface area contributed by atoms with Gasteiger partial charge in [-0.1, -0.05) is 11.6 Å². The first kappa shape index (κ1) is 13.6. The van der Waals surface area contributed by atoms with Crippen LogP contribution in [0.4, 0.5) is 0 Å². The Hall–Kier alpha value is -0.780. The predicted molar refractivity (Wildman–Crippen MR) is 74.9 cm³/mol. The first-order valence-electron chi connectivity index (χ1n) is 5.62. The molecule has 18 heavy (non-hydrogen) atoms. The van der Waals surface area contributed by atoms with Crippen LogP contribution in [0.25, 0.3) is 0 Å². The number of halogens is 2.